The van der Waals surface area contributed by atoms with Gasteiger partial charge in [-0.3, -0.25) is 14.6 Å². The molecule has 5 nitrogen and oxygen atoms in total. The predicted molar refractivity (Wildman–Crippen MR) is 84.6 cm³/mol. The van der Waals surface area contributed by atoms with Crippen molar-refractivity contribution in [2.75, 3.05) is 0 Å². The molecule has 0 saturated heterocycles. The van der Waals surface area contributed by atoms with Crippen molar-refractivity contribution in [3.63, 3.8) is 0 Å². The second-order valence-electron chi connectivity index (χ2n) is 5.79. The highest BCUT2D eigenvalue weighted by Gasteiger charge is 2.37. The Morgan fingerprint density at radius 3 is 2.39 bits per heavy atom. The molecule has 0 spiro atoms. The van der Waals surface area contributed by atoms with Crippen LogP contribution in [0.25, 0.3) is 0 Å². The molecular weight excluding hydrogens is 292 g/mol. The fourth-order valence-corrected chi connectivity index (χ4v) is 2.82. The number of aromatic nitrogens is 1. The van der Waals surface area contributed by atoms with Gasteiger partial charge in [-0.2, -0.15) is 0 Å². The Balaban J connectivity index is 1.76. The molecule has 1 aromatic heterocycles. The summed E-state index contributed by atoms with van der Waals surface area (Å²) in [6.07, 6.45) is 2.51. The molecule has 2 N–H and O–H groups in total. The van der Waals surface area contributed by atoms with E-state index in [1.165, 1.54) is 0 Å². The normalized spacial score (nSPS) is 21.1. The number of aliphatic hydroxyl groups excluding tert-OH is 1. The fourth-order valence-electron chi connectivity index (χ4n) is 2.82. The number of carbonyl (C=O) groups is 2. The summed E-state index contributed by atoms with van der Waals surface area (Å²) in [6, 6.07) is 13.6. The number of pyridine rings is 1. The van der Waals surface area contributed by atoms with Crippen molar-refractivity contribution in [2.24, 2.45) is 5.92 Å². The summed E-state index contributed by atoms with van der Waals surface area (Å²) in [5.41, 5.74) is 1.07. The number of nitrogens with one attached hydrogen (secondary N) is 1. The number of rotatable bonds is 5. The summed E-state index contributed by atoms with van der Waals surface area (Å²) in [5, 5.41) is 12.3. The van der Waals surface area contributed by atoms with Crippen molar-refractivity contribution in [1.29, 1.82) is 0 Å². The zero-order valence-corrected chi connectivity index (χ0v) is 12.6. The molecule has 1 aliphatic carbocycles. The van der Waals surface area contributed by atoms with Gasteiger partial charge in [0.15, 0.2) is 0 Å². The van der Waals surface area contributed by atoms with E-state index in [0.29, 0.717) is 24.1 Å². The first kappa shape index (κ1) is 15.4. The lowest BCUT2D eigenvalue weighted by atomic mass is 9.76. The van der Waals surface area contributed by atoms with Gasteiger partial charge >= 0.3 is 0 Å². The third kappa shape index (κ3) is 3.46. The molecule has 3 rings (SSSR count). The smallest absolute Gasteiger partial charge is 0.292 e. The molecule has 5 heteroatoms. The molecule has 2 aromatic rings. The quantitative estimate of drug-likeness (QED) is 0.653. The third-order valence-corrected chi connectivity index (χ3v) is 4.16. The Morgan fingerprint density at radius 1 is 1.09 bits per heavy atom. The number of hydrogen-bond donors (Lipinski definition) is 2. The SMILES string of the molecule is O=C(N[C@@H](c1ccccn1)C1CC(O)C1)C(=O)c1ccccc1. The predicted octanol–water partition coefficient (Wildman–Crippen LogP) is 1.89. The van der Waals surface area contributed by atoms with Crippen molar-refractivity contribution < 1.29 is 14.7 Å². The van der Waals surface area contributed by atoms with E-state index in [9.17, 15) is 14.7 Å². The molecule has 1 aliphatic rings. The summed E-state index contributed by atoms with van der Waals surface area (Å²) >= 11 is 0. The van der Waals surface area contributed by atoms with Gasteiger partial charge in [-0.1, -0.05) is 36.4 Å². The average molecular weight is 310 g/mol. The van der Waals surface area contributed by atoms with Crippen molar-refractivity contribution >= 4 is 11.7 Å². The van der Waals surface area contributed by atoms with Crippen LogP contribution >= 0.6 is 0 Å². The summed E-state index contributed by atoms with van der Waals surface area (Å²) in [4.78, 5) is 28.8. The first-order valence-corrected chi connectivity index (χ1v) is 7.64. The van der Waals surface area contributed by atoms with Crippen LogP contribution in [0.5, 0.6) is 0 Å². The average Bonchev–Trinajstić information content (AvgIpc) is 2.58. The molecule has 1 aromatic carbocycles. The Hall–Kier alpha value is -2.53. The molecule has 1 heterocycles. The van der Waals surface area contributed by atoms with Crippen LogP contribution < -0.4 is 5.32 Å². The topological polar surface area (TPSA) is 79.3 Å². The van der Waals surface area contributed by atoms with Gasteiger partial charge in [0.05, 0.1) is 17.8 Å². The number of amides is 1. The van der Waals surface area contributed by atoms with Gasteiger partial charge in [0, 0.05) is 11.8 Å². The van der Waals surface area contributed by atoms with E-state index < -0.39 is 11.7 Å². The molecule has 0 unspecified atom stereocenters. The van der Waals surface area contributed by atoms with Crippen molar-refractivity contribution in [1.82, 2.24) is 10.3 Å². The summed E-state index contributed by atoms with van der Waals surface area (Å²) < 4.78 is 0. The van der Waals surface area contributed by atoms with E-state index in [2.05, 4.69) is 10.3 Å². The molecule has 0 aliphatic heterocycles. The van der Waals surface area contributed by atoms with Gasteiger partial charge in [-0.05, 0) is 30.9 Å². The van der Waals surface area contributed by atoms with E-state index in [0.717, 1.165) is 0 Å². The number of benzene rings is 1. The van der Waals surface area contributed by atoms with Crippen LogP contribution in [-0.2, 0) is 4.79 Å². The van der Waals surface area contributed by atoms with Crippen molar-refractivity contribution in [2.45, 2.75) is 25.0 Å². The van der Waals surface area contributed by atoms with E-state index in [1.54, 1.807) is 42.6 Å². The summed E-state index contributed by atoms with van der Waals surface area (Å²) in [5.74, 6) is -1.12. The van der Waals surface area contributed by atoms with Gasteiger partial charge in [-0.15, -0.1) is 0 Å². The van der Waals surface area contributed by atoms with Crippen LogP contribution in [0.4, 0.5) is 0 Å². The fraction of sp³-hybridized carbons (Fsp3) is 0.278. The van der Waals surface area contributed by atoms with Gasteiger partial charge in [0.1, 0.15) is 0 Å². The van der Waals surface area contributed by atoms with E-state index in [-0.39, 0.29) is 18.1 Å². The highest BCUT2D eigenvalue weighted by molar-refractivity contribution is 6.42. The van der Waals surface area contributed by atoms with E-state index in [1.807, 2.05) is 12.1 Å². The van der Waals surface area contributed by atoms with Crippen LogP contribution in [0.1, 0.15) is 34.9 Å². The van der Waals surface area contributed by atoms with Gasteiger partial charge < -0.3 is 10.4 Å². The lowest BCUT2D eigenvalue weighted by Crippen LogP contribution is -2.43. The molecule has 118 valence electrons. The lowest BCUT2D eigenvalue weighted by Gasteiger charge is -2.37. The number of carbonyl (C=O) groups excluding carboxylic acids is 2. The summed E-state index contributed by atoms with van der Waals surface area (Å²) in [7, 11) is 0. The second-order valence-corrected chi connectivity index (χ2v) is 5.79. The minimum atomic E-state index is -0.645. The standard InChI is InChI=1S/C18H18N2O3/c21-14-10-13(11-14)16(15-8-4-5-9-19-15)20-18(23)17(22)12-6-2-1-3-7-12/h1-9,13-14,16,21H,10-11H2,(H,20,23)/t13?,14?,16-/m1/s1. The van der Waals surface area contributed by atoms with Gasteiger partial charge in [0.25, 0.3) is 5.91 Å². The number of nitrogens with zero attached hydrogens (tertiary/aromatic N) is 1. The Bertz CT molecular complexity index is 682. The second kappa shape index (κ2) is 6.71. The maximum absolute atomic E-state index is 12.3. The zero-order chi connectivity index (χ0) is 16.2. The zero-order valence-electron chi connectivity index (χ0n) is 12.6. The Kier molecular flexibility index (Phi) is 4.48. The largest absolute Gasteiger partial charge is 0.393 e. The third-order valence-electron chi connectivity index (χ3n) is 4.16. The minimum Gasteiger partial charge on any atom is -0.393 e. The molecule has 0 radical (unpaired) electrons. The first-order valence-electron chi connectivity index (χ1n) is 7.64. The number of aliphatic hydroxyl groups is 1. The van der Waals surface area contributed by atoms with Gasteiger partial charge in [-0.25, -0.2) is 0 Å². The molecular formula is C18H18N2O3. The molecule has 1 saturated carbocycles. The van der Waals surface area contributed by atoms with Crippen LogP contribution in [0, 0.1) is 5.92 Å². The van der Waals surface area contributed by atoms with Crippen LogP contribution in [-0.4, -0.2) is 27.9 Å². The molecule has 23 heavy (non-hydrogen) atoms. The maximum Gasteiger partial charge on any atom is 0.292 e. The van der Waals surface area contributed by atoms with Crippen molar-refractivity contribution in [3.8, 4) is 0 Å². The first-order chi connectivity index (χ1) is 11.1. The highest BCUT2D eigenvalue weighted by Crippen LogP contribution is 2.37. The Morgan fingerprint density at radius 2 is 1.78 bits per heavy atom. The number of Topliss-reactive ketones (excluding diaryl/α,β-unsaturated/α-hetero) is 1. The van der Waals surface area contributed by atoms with Crippen molar-refractivity contribution in [3.05, 3.63) is 66.0 Å². The molecule has 1 amide bonds. The highest BCUT2D eigenvalue weighted by atomic mass is 16.3. The van der Waals surface area contributed by atoms with Crippen LogP contribution in [0.15, 0.2) is 54.7 Å². The minimum absolute atomic E-state index is 0.0902. The van der Waals surface area contributed by atoms with Gasteiger partial charge in [0.2, 0.25) is 5.78 Å². The van der Waals surface area contributed by atoms with E-state index in [4.69, 9.17) is 0 Å². The molecule has 0 bridgehead atoms. The number of hydrogen-bond acceptors (Lipinski definition) is 4. The molecule has 1 fully saturated rings. The van der Waals surface area contributed by atoms with Crippen LogP contribution in [0.2, 0.25) is 0 Å². The maximum atomic E-state index is 12.3. The van der Waals surface area contributed by atoms with Crippen LogP contribution in [0.3, 0.4) is 0 Å². The van der Waals surface area contributed by atoms with E-state index >= 15 is 0 Å². The Labute approximate surface area is 134 Å². The lowest BCUT2D eigenvalue weighted by molar-refractivity contribution is -0.118. The summed E-state index contributed by atoms with van der Waals surface area (Å²) in [6.45, 7) is 0. The molecule has 1 atom stereocenters. The number of ketones is 1. The monoisotopic (exact) mass is 310 g/mol.